The first-order valence-corrected chi connectivity index (χ1v) is 10.7. The number of para-hydroxylation sites is 1. The first kappa shape index (κ1) is 18.3. The van der Waals surface area contributed by atoms with Gasteiger partial charge >= 0.3 is 0 Å². The van der Waals surface area contributed by atoms with Crippen LogP contribution in [0, 0.1) is 0 Å². The average molecular weight is 388 g/mol. The van der Waals surface area contributed by atoms with Gasteiger partial charge in [-0.3, -0.25) is 14.4 Å². The molecule has 27 heavy (non-hydrogen) atoms. The van der Waals surface area contributed by atoms with Crippen LogP contribution >= 0.6 is 11.8 Å². The Morgan fingerprint density at radius 3 is 2.52 bits per heavy atom. The van der Waals surface area contributed by atoms with E-state index in [1.165, 1.54) is 16.7 Å². The van der Waals surface area contributed by atoms with Gasteiger partial charge in [-0.15, -0.1) is 11.8 Å². The molecule has 2 heterocycles. The third kappa shape index (κ3) is 3.83. The number of hydrogen-bond acceptors (Lipinski definition) is 4. The number of anilines is 1. The fourth-order valence-electron chi connectivity index (χ4n) is 4.13. The standard InChI is InChI=1S/C20H25N3O3S/c24-17(21-14-7-1-2-8-14)13-23-15-9-3-4-10-16(15)27-18(20(23)26)19(25)22-11-5-6-12-22/h3-4,9-10,14,18H,1-2,5-8,11-13H2,(H,21,24)/t18-/m0/s1. The number of hydrogen-bond donors (Lipinski definition) is 1. The number of likely N-dealkylation sites (tertiary alicyclic amines) is 1. The number of thioether (sulfide) groups is 1. The molecule has 3 aliphatic rings. The zero-order valence-electron chi connectivity index (χ0n) is 15.4. The number of carbonyl (C=O) groups excluding carboxylic acids is 3. The van der Waals surface area contributed by atoms with E-state index in [-0.39, 0.29) is 30.3 Å². The van der Waals surface area contributed by atoms with Crippen LogP contribution in [0.15, 0.2) is 29.2 Å². The Balaban J connectivity index is 1.53. The van der Waals surface area contributed by atoms with Gasteiger partial charge in [-0.2, -0.15) is 0 Å². The molecule has 7 heteroatoms. The lowest BCUT2D eigenvalue weighted by Gasteiger charge is -2.34. The summed E-state index contributed by atoms with van der Waals surface area (Å²) >= 11 is 1.31. The summed E-state index contributed by atoms with van der Waals surface area (Å²) in [5, 5.41) is 2.25. The van der Waals surface area contributed by atoms with Crippen LogP contribution in [0.5, 0.6) is 0 Å². The Bertz CT molecular complexity index is 742. The van der Waals surface area contributed by atoms with Gasteiger partial charge in [0, 0.05) is 24.0 Å². The van der Waals surface area contributed by atoms with Crippen molar-refractivity contribution in [3.63, 3.8) is 0 Å². The smallest absolute Gasteiger partial charge is 0.250 e. The molecule has 0 bridgehead atoms. The van der Waals surface area contributed by atoms with Gasteiger partial charge in [0.15, 0.2) is 5.25 Å². The third-order valence-corrected chi connectivity index (χ3v) is 6.79. The largest absolute Gasteiger partial charge is 0.352 e. The van der Waals surface area contributed by atoms with Crippen LogP contribution in [-0.2, 0) is 14.4 Å². The van der Waals surface area contributed by atoms with E-state index < -0.39 is 5.25 Å². The summed E-state index contributed by atoms with van der Waals surface area (Å²) in [5.41, 5.74) is 0.722. The lowest BCUT2D eigenvalue weighted by Crippen LogP contribution is -2.52. The highest BCUT2D eigenvalue weighted by molar-refractivity contribution is 8.01. The molecule has 6 nitrogen and oxygen atoms in total. The third-order valence-electron chi connectivity index (χ3n) is 5.56. The van der Waals surface area contributed by atoms with Crippen molar-refractivity contribution < 1.29 is 14.4 Å². The summed E-state index contributed by atoms with van der Waals surface area (Å²) in [6.07, 6.45) is 6.26. The molecule has 2 fully saturated rings. The normalized spacial score (nSPS) is 22.8. The molecule has 1 N–H and O–H groups in total. The van der Waals surface area contributed by atoms with Crippen molar-refractivity contribution in [2.45, 2.75) is 54.7 Å². The molecule has 1 aromatic carbocycles. The van der Waals surface area contributed by atoms with Crippen LogP contribution in [0.2, 0.25) is 0 Å². The summed E-state index contributed by atoms with van der Waals surface area (Å²) < 4.78 is 0. The van der Waals surface area contributed by atoms with E-state index in [9.17, 15) is 14.4 Å². The van der Waals surface area contributed by atoms with E-state index in [1.807, 2.05) is 24.3 Å². The predicted octanol–water partition coefficient (Wildman–Crippen LogP) is 2.18. The molecular weight excluding hydrogens is 362 g/mol. The number of fused-ring (bicyclic) bond motifs is 1. The predicted molar refractivity (Wildman–Crippen MR) is 105 cm³/mol. The minimum atomic E-state index is -0.794. The SMILES string of the molecule is O=C(CN1C(=O)[C@H](C(=O)N2CCCC2)Sc2ccccc21)NC1CCCC1. The van der Waals surface area contributed by atoms with Crippen LogP contribution in [0.3, 0.4) is 0 Å². The minimum absolute atomic E-state index is 0.0311. The first-order chi connectivity index (χ1) is 13.1. The zero-order valence-corrected chi connectivity index (χ0v) is 16.2. The number of nitrogens with one attached hydrogen (secondary N) is 1. The second kappa shape index (κ2) is 7.92. The molecule has 1 saturated heterocycles. The monoisotopic (exact) mass is 387 g/mol. The second-order valence-electron chi connectivity index (χ2n) is 7.47. The van der Waals surface area contributed by atoms with Crippen molar-refractivity contribution in [2.24, 2.45) is 0 Å². The summed E-state index contributed by atoms with van der Waals surface area (Å²) in [4.78, 5) is 42.7. The van der Waals surface area contributed by atoms with Crippen molar-refractivity contribution in [3.8, 4) is 0 Å². The van der Waals surface area contributed by atoms with Crippen LogP contribution < -0.4 is 10.2 Å². The lowest BCUT2D eigenvalue weighted by molar-refractivity contribution is -0.134. The lowest BCUT2D eigenvalue weighted by atomic mass is 10.2. The number of benzene rings is 1. The summed E-state index contributed by atoms with van der Waals surface area (Å²) in [6.45, 7) is 1.40. The van der Waals surface area contributed by atoms with E-state index in [0.717, 1.165) is 49.1 Å². The summed E-state index contributed by atoms with van der Waals surface area (Å²) in [7, 11) is 0. The number of carbonyl (C=O) groups is 3. The topological polar surface area (TPSA) is 69.7 Å². The molecule has 0 spiro atoms. The highest BCUT2D eigenvalue weighted by atomic mass is 32.2. The molecule has 144 valence electrons. The molecule has 3 amide bonds. The van der Waals surface area contributed by atoms with Gasteiger partial charge in [0.25, 0.3) is 5.91 Å². The van der Waals surface area contributed by atoms with Gasteiger partial charge < -0.3 is 15.1 Å². The molecule has 1 aromatic rings. The van der Waals surface area contributed by atoms with Crippen molar-refractivity contribution in [3.05, 3.63) is 24.3 Å². The van der Waals surface area contributed by atoms with Crippen molar-refractivity contribution in [1.82, 2.24) is 10.2 Å². The quantitative estimate of drug-likeness (QED) is 0.804. The molecule has 0 unspecified atom stereocenters. The number of rotatable bonds is 4. The Morgan fingerprint density at radius 2 is 1.78 bits per heavy atom. The van der Waals surface area contributed by atoms with Gasteiger partial charge in [-0.05, 0) is 37.8 Å². The number of nitrogens with zero attached hydrogens (tertiary/aromatic N) is 2. The van der Waals surface area contributed by atoms with Crippen LogP contribution in [0.1, 0.15) is 38.5 Å². The van der Waals surface area contributed by atoms with Gasteiger partial charge in [0.2, 0.25) is 11.8 Å². The Kier molecular flexibility index (Phi) is 5.38. The van der Waals surface area contributed by atoms with Crippen molar-refractivity contribution >= 4 is 35.2 Å². The second-order valence-corrected chi connectivity index (χ2v) is 8.62. The Labute approximate surface area is 163 Å². The van der Waals surface area contributed by atoms with E-state index in [4.69, 9.17) is 0 Å². The Morgan fingerprint density at radius 1 is 1.07 bits per heavy atom. The summed E-state index contributed by atoms with van der Waals surface area (Å²) in [5.74, 6) is -0.556. The van der Waals surface area contributed by atoms with Gasteiger partial charge in [0.05, 0.1) is 5.69 Å². The molecule has 4 rings (SSSR count). The molecular formula is C20H25N3O3S. The van der Waals surface area contributed by atoms with Crippen molar-refractivity contribution in [1.29, 1.82) is 0 Å². The molecule has 0 radical (unpaired) electrons. The molecule has 1 atom stereocenters. The molecule has 1 aliphatic carbocycles. The maximum absolute atomic E-state index is 13.1. The maximum Gasteiger partial charge on any atom is 0.250 e. The first-order valence-electron chi connectivity index (χ1n) is 9.79. The van der Waals surface area contributed by atoms with E-state index in [0.29, 0.717) is 13.1 Å². The molecule has 0 aromatic heterocycles. The molecule has 1 saturated carbocycles. The average Bonchev–Trinajstić information content (AvgIpc) is 3.37. The zero-order chi connectivity index (χ0) is 18.8. The maximum atomic E-state index is 13.1. The van der Waals surface area contributed by atoms with Gasteiger partial charge in [-0.1, -0.05) is 25.0 Å². The van der Waals surface area contributed by atoms with E-state index >= 15 is 0 Å². The fraction of sp³-hybridized carbons (Fsp3) is 0.550. The minimum Gasteiger partial charge on any atom is -0.352 e. The van der Waals surface area contributed by atoms with Crippen LogP contribution in [-0.4, -0.2) is 53.5 Å². The fourth-order valence-corrected chi connectivity index (χ4v) is 5.31. The van der Waals surface area contributed by atoms with Gasteiger partial charge in [0.1, 0.15) is 6.54 Å². The highest BCUT2D eigenvalue weighted by Crippen LogP contribution is 2.40. The van der Waals surface area contributed by atoms with Crippen LogP contribution in [0.4, 0.5) is 5.69 Å². The summed E-state index contributed by atoms with van der Waals surface area (Å²) in [6, 6.07) is 7.73. The van der Waals surface area contributed by atoms with E-state index in [1.54, 1.807) is 4.90 Å². The van der Waals surface area contributed by atoms with Gasteiger partial charge in [-0.25, -0.2) is 0 Å². The molecule has 2 aliphatic heterocycles. The van der Waals surface area contributed by atoms with Crippen molar-refractivity contribution in [2.75, 3.05) is 24.5 Å². The number of amides is 3. The van der Waals surface area contributed by atoms with Crippen LogP contribution in [0.25, 0.3) is 0 Å². The highest BCUT2D eigenvalue weighted by Gasteiger charge is 2.41. The Hall–Kier alpha value is -2.02. The van der Waals surface area contributed by atoms with E-state index in [2.05, 4.69) is 5.32 Å².